The molecule has 3 aromatic rings. The van der Waals surface area contributed by atoms with E-state index in [9.17, 15) is 14.9 Å². The van der Waals surface area contributed by atoms with Crippen molar-refractivity contribution in [1.29, 1.82) is 0 Å². The van der Waals surface area contributed by atoms with Crippen LogP contribution in [0.2, 0.25) is 0 Å². The average Bonchev–Trinajstić information content (AvgIpc) is 2.98. The lowest BCUT2D eigenvalue weighted by atomic mass is 10.1. The SMILES string of the molecule is CCOC(=O)c1cc([N+](=O)[O-])cc2nc(-c3cccc(Br)c3)oc12. The van der Waals surface area contributed by atoms with Gasteiger partial charge >= 0.3 is 5.97 Å². The number of rotatable bonds is 4. The van der Waals surface area contributed by atoms with Crippen molar-refractivity contribution >= 4 is 38.7 Å². The van der Waals surface area contributed by atoms with Gasteiger partial charge in [0, 0.05) is 22.2 Å². The predicted octanol–water partition coefficient (Wildman–Crippen LogP) is 4.34. The Morgan fingerprint density at radius 2 is 2.17 bits per heavy atom. The number of hydrogen-bond acceptors (Lipinski definition) is 6. The summed E-state index contributed by atoms with van der Waals surface area (Å²) in [6.07, 6.45) is 0. The fourth-order valence-corrected chi connectivity index (χ4v) is 2.63. The third-order valence-corrected chi connectivity index (χ3v) is 3.75. The number of ether oxygens (including phenoxy) is 1. The summed E-state index contributed by atoms with van der Waals surface area (Å²) < 4.78 is 11.5. The van der Waals surface area contributed by atoms with E-state index >= 15 is 0 Å². The van der Waals surface area contributed by atoms with Crippen molar-refractivity contribution in [1.82, 2.24) is 4.98 Å². The molecule has 1 aromatic heterocycles. The summed E-state index contributed by atoms with van der Waals surface area (Å²) in [7, 11) is 0. The number of benzene rings is 2. The van der Waals surface area contributed by atoms with E-state index in [1.807, 2.05) is 12.1 Å². The van der Waals surface area contributed by atoms with Gasteiger partial charge in [-0.1, -0.05) is 22.0 Å². The molecule has 122 valence electrons. The number of fused-ring (bicyclic) bond motifs is 1. The molecule has 0 unspecified atom stereocenters. The number of nitro benzene ring substituents is 1. The predicted molar refractivity (Wildman–Crippen MR) is 89.8 cm³/mol. The molecule has 0 atom stereocenters. The third kappa shape index (κ3) is 3.00. The molecule has 0 aliphatic carbocycles. The van der Waals surface area contributed by atoms with Crippen molar-refractivity contribution in [2.75, 3.05) is 6.61 Å². The van der Waals surface area contributed by atoms with Crippen LogP contribution in [0.3, 0.4) is 0 Å². The Hall–Kier alpha value is -2.74. The molecular formula is C16H11BrN2O5. The highest BCUT2D eigenvalue weighted by Gasteiger charge is 2.22. The quantitative estimate of drug-likeness (QED) is 0.373. The number of hydrogen-bond donors (Lipinski definition) is 0. The molecule has 0 amide bonds. The molecule has 0 aliphatic rings. The van der Waals surface area contributed by atoms with Gasteiger partial charge in [0.05, 0.1) is 11.5 Å². The van der Waals surface area contributed by atoms with E-state index in [1.54, 1.807) is 19.1 Å². The van der Waals surface area contributed by atoms with Crippen LogP contribution in [0.5, 0.6) is 0 Å². The second-order valence-electron chi connectivity index (χ2n) is 4.85. The average molecular weight is 391 g/mol. The number of halogens is 1. The van der Waals surface area contributed by atoms with Crippen LogP contribution < -0.4 is 0 Å². The molecular weight excluding hydrogens is 380 g/mol. The highest BCUT2D eigenvalue weighted by Crippen LogP contribution is 2.31. The van der Waals surface area contributed by atoms with Crippen molar-refractivity contribution in [2.45, 2.75) is 6.92 Å². The van der Waals surface area contributed by atoms with Gasteiger partial charge in [-0.2, -0.15) is 0 Å². The van der Waals surface area contributed by atoms with E-state index in [2.05, 4.69) is 20.9 Å². The maximum absolute atomic E-state index is 12.1. The van der Waals surface area contributed by atoms with E-state index in [1.165, 1.54) is 6.07 Å². The second kappa shape index (κ2) is 6.40. The number of carbonyl (C=O) groups is 1. The lowest BCUT2D eigenvalue weighted by molar-refractivity contribution is -0.384. The minimum Gasteiger partial charge on any atom is -0.462 e. The second-order valence-corrected chi connectivity index (χ2v) is 5.76. The number of nitro groups is 1. The Morgan fingerprint density at radius 3 is 2.83 bits per heavy atom. The zero-order valence-electron chi connectivity index (χ0n) is 12.5. The highest BCUT2D eigenvalue weighted by molar-refractivity contribution is 9.10. The van der Waals surface area contributed by atoms with E-state index in [0.717, 1.165) is 10.5 Å². The molecule has 0 spiro atoms. The third-order valence-electron chi connectivity index (χ3n) is 3.25. The summed E-state index contributed by atoms with van der Waals surface area (Å²) in [5, 5.41) is 11.1. The lowest BCUT2D eigenvalue weighted by Crippen LogP contribution is -2.05. The topological polar surface area (TPSA) is 95.5 Å². The van der Waals surface area contributed by atoms with Gasteiger partial charge in [0.2, 0.25) is 5.89 Å². The van der Waals surface area contributed by atoms with Crippen LogP contribution in [0.15, 0.2) is 45.3 Å². The van der Waals surface area contributed by atoms with Gasteiger partial charge in [0.25, 0.3) is 5.69 Å². The minimum atomic E-state index is -0.692. The van der Waals surface area contributed by atoms with E-state index in [-0.39, 0.29) is 34.8 Å². The molecule has 7 nitrogen and oxygen atoms in total. The maximum atomic E-state index is 12.1. The number of oxazole rings is 1. The van der Waals surface area contributed by atoms with Gasteiger partial charge in [0.15, 0.2) is 5.58 Å². The van der Waals surface area contributed by atoms with Crippen LogP contribution in [0.1, 0.15) is 17.3 Å². The number of carbonyl (C=O) groups excluding carboxylic acids is 1. The van der Waals surface area contributed by atoms with Crippen LogP contribution in [-0.4, -0.2) is 22.5 Å². The van der Waals surface area contributed by atoms with Crippen LogP contribution in [0.4, 0.5) is 5.69 Å². The van der Waals surface area contributed by atoms with Crippen LogP contribution in [-0.2, 0) is 4.74 Å². The summed E-state index contributed by atoms with van der Waals surface area (Å²) >= 11 is 3.36. The maximum Gasteiger partial charge on any atom is 0.342 e. The number of nitrogens with zero attached hydrogens (tertiary/aromatic N) is 2. The van der Waals surface area contributed by atoms with Crippen molar-refractivity contribution in [3.05, 3.63) is 56.5 Å². The zero-order valence-corrected chi connectivity index (χ0v) is 14.1. The molecule has 1 heterocycles. The zero-order chi connectivity index (χ0) is 17.3. The van der Waals surface area contributed by atoms with Crippen LogP contribution in [0.25, 0.3) is 22.6 Å². The summed E-state index contributed by atoms with van der Waals surface area (Å²) in [5.74, 6) is -0.430. The molecule has 0 aliphatic heterocycles. The lowest BCUT2D eigenvalue weighted by Gasteiger charge is -2.02. The first-order chi connectivity index (χ1) is 11.5. The van der Waals surface area contributed by atoms with Gasteiger partial charge in [-0.3, -0.25) is 10.1 Å². The highest BCUT2D eigenvalue weighted by atomic mass is 79.9. The van der Waals surface area contributed by atoms with Gasteiger partial charge in [-0.05, 0) is 25.1 Å². The molecule has 0 N–H and O–H groups in total. The van der Waals surface area contributed by atoms with Crippen LogP contribution >= 0.6 is 15.9 Å². The molecule has 3 rings (SSSR count). The molecule has 0 saturated carbocycles. The molecule has 24 heavy (non-hydrogen) atoms. The van der Waals surface area contributed by atoms with Crippen molar-refractivity contribution in [2.24, 2.45) is 0 Å². The van der Waals surface area contributed by atoms with E-state index in [4.69, 9.17) is 9.15 Å². The normalized spacial score (nSPS) is 10.8. The van der Waals surface area contributed by atoms with Crippen molar-refractivity contribution in [3.63, 3.8) is 0 Å². The molecule has 0 radical (unpaired) electrons. The largest absolute Gasteiger partial charge is 0.462 e. The fourth-order valence-electron chi connectivity index (χ4n) is 2.23. The van der Waals surface area contributed by atoms with E-state index < -0.39 is 10.9 Å². The first-order valence-electron chi connectivity index (χ1n) is 7.01. The molecule has 8 heteroatoms. The Morgan fingerprint density at radius 1 is 1.38 bits per heavy atom. The smallest absolute Gasteiger partial charge is 0.342 e. The molecule has 0 saturated heterocycles. The standard InChI is InChI=1S/C16H11BrN2O5/c1-2-23-16(20)12-7-11(19(21)22)8-13-14(12)24-15(18-13)9-4-3-5-10(17)6-9/h3-8H,2H2,1H3. The number of non-ortho nitro benzene ring substituents is 1. The van der Waals surface area contributed by atoms with Gasteiger partial charge in [-0.25, -0.2) is 9.78 Å². The molecule has 0 fully saturated rings. The Kier molecular flexibility index (Phi) is 4.30. The molecule has 0 bridgehead atoms. The summed E-state index contributed by atoms with van der Waals surface area (Å²) in [6.45, 7) is 1.80. The van der Waals surface area contributed by atoms with Gasteiger partial charge in [-0.15, -0.1) is 0 Å². The Balaban J connectivity index is 2.21. The summed E-state index contributed by atoms with van der Waals surface area (Å²) in [6, 6.07) is 9.64. The minimum absolute atomic E-state index is 0.0187. The van der Waals surface area contributed by atoms with Crippen LogP contribution in [0, 0.1) is 10.1 Å². The summed E-state index contributed by atoms with van der Waals surface area (Å²) in [5.41, 5.74) is 0.795. The summed E-state index contributed by atoms with van der Waals surface area (Å²) in [4.78, 5) is 26.9. The Bertz CT molecular complexity index is 951. The fraction of sp³-hybridized carbons (Fsp3) is 0.125. The molecule has 2 aromatic carbocycles. The first kappa shape index (κ1) is 16.1. The number of aromatic nitrogens is 1. The van der Waals surface area contributed by atoms with E-state index in [0.29, 0.717) is 5.56 Å². The number of esters is 1. The van der Waals surface area contributed by atoms with Gasteiger partial charge < -0.3 is 9.15 Å². The van der Waals surface area contributed by atoms with Gasteiger partial charge in [0.1, 0.15) is 11.1 Å². The van der Waals surface area contributed by atoms with Crippen molar-refractivity contribution < 1.29 is 18.9 Å². The monoisotopic (exact) mass is 390 g/mol. The first-order valence-corrected chi connectivity index (χ1v) is 7.81. The Labute approximate surface area is 144 Å². The van der Waals surface area contributed by atoms with Crippen molar-refractivity contribution in [3.8, 4) is 11.5 Å².